The lowest BCUT2D eigenvalue weighted by atomic mass is 10.1. The van der Waals surface area contributed by atoms with E-state index < -0.39 is 0 Å². The monoisotopic (exact) mass is 366 g/mol. The lowest BCUT2D eigenvalue weighted by Gasteiger charge is -2.23. The van der Waals surface area contributed by atoms with Gasteiger partial charge >= 0.3 is 0 Å². The first-order valence-corrected chi connectivity index (χ1v) is 9.43. The predicted molar refractivity (Wildman–Crippen MR) is 105 cm³/mol. The van der Waals surface area contributed by atoms with Crippen LogP contribution in [0.5, 0.6) is 5.75 Å². The van der Waals surface area contributed by atoms with Gasteiger partial charge in [0.05, 0.1) is 12.7 Å². The normalized spacial score (nSPS) is 14.6. The number of ether oxygens (including phenoxy) is 1. The summed E-state index contributed by atoms with van der Waals surface area (Å²) in [7, 11) is 1.57. The predicted octanol–water partition coefficient (Wildman–Crippen LogP) is 3.00. The van der Waals surface area contributed by atoms with Crippen molar-refractivity contribution in [1.29, 1.82) is 0 Å². The molecule has 2 amide bonds. The third-order valence-electron chi connectivity index (χ3n) is 4.94. The first-order chi connectivity index (χ1) is 13.2. The Morgan fingerprint density at radius 3 is 2.33 bits per heavy atom. The molecule has 2 aromatic carbocycles. The van der Waals surface area contributed by atoms with Crippen molar-refractivity contribution in [2.45, 2.75) is 19.3 Å². The Morgan fingerprint density at radius 1 is 0.889 bits per heavy atom. The SMILES string of the molecule is COc1ccccc1C(=O)N1CCCN(C(=O)CCc2ccccc2)CC1. The zero-order valence-electron chi connectivity index (χ0n) is 15.8. The highest BCUT2D eigenvalue weighted by molar-refractivity contribution is 5.97. The summed E-state index contributed by atoms with van der Waals surface area (Å²) >= 11 is 0. The summed E-state index contributed by atoms with van der Waals surface area (Å²) in [6, 6.07) is 17.3. The molecule has 1 aliphatic heterocycles. The van der Waals surface area contributed by atoms with Crippen LogP contribution in [0, 0.1) is 0 Å². The van der Waals surface area contributed by atoms with Crippen LogP contribution in [0.15, 0.2) is 54.6 Å². The zero-order valence-corrected chi connectivity index (χ0v) is 15.8. The molecule has 1 saturated heterocycles. The molecule has 0 spiro atoms. The number of rotatable bonds is 5. The molecule has 0 radical (unpaired) electrons. The van der Waals surface area contributed by atoms with Gasteiger partial charge in [-0.05, 0) is 30.5 Å². The minimum absolute atomic E-state index is 0.0361. The van der Waals surface area contributed by atoms with E-state index in [9.17, 15) is 9.59 Å². The average molecular weight is 366 g/mol. The molecule has 3 rings (SSSR count). The molecule has 1 fully saturated rings. The van der Waals surface area contributed by atoms with E-state index in [1.165, 1.54) is 5.56 Å². The molecule has 0 atom stereocenters. The second-order valence-electron chi connectivity index (χ2n) is 6.71. The Balaban J connectivity index is 1.56. The lowest BCUT2D eigenvalue weighted by molar-refractivity contribution is -0.131. The summed E-state index contributed by atoms with van der Waals surface area (Å²) < 4.78 is 5.31. The lowest BCUT2D eigenvalue weighted by Crippen LogP contribution is -2.37. The minimum Gasteiger partial charge on any atom is -0.496 e. The van der Waals surface area contributed by atoms with Crippen molar-refractivity contribution in [2.75, 3.05) is 33.3 Å². The zero-order chi connectivity index (χ0) is 19.1. The van der Waals surface area contributed by atoms with Crippen molar-refractivity contribution in [3.05, 3.63) is 65.7 Å². The van der Waals surface area contributed by atoms with Crippen molar-refractivity contribution in [3.8, 4) is 5.75 Å². The van der Waals surface area contributed by atoms with Crippen molar-refractivity contribution in [1.82, 2.24) is 9.80 Å². The minimum atomic E-state index is -0.0361. The fourth-order valence-corrected chi connectivity index (χ4v) is 3.42. The van der Waals surface area contributed by atoms with Gasteiger partial charge in [-0.15, -0.1) is 0 Å². The Kier molecular flexibility index (Phi) is 6.47. The maximum atomic E-state index is 12.9. The van der Waals surface area contributed by atoms with Gasteiger partial charge in [0.15, 0.2) is 0 Å². The second kappa shape index (κ2) is 9.21. The van der Waals surface area contributed by atoms with Crippen molar-refractivity contribution in [2.24, 2.45) is 0 Å². The fraction of sp³-hybridized carbons (Fsp3) is 0.364. The molecular weight excluding hydrogens is 340 g/mol. The Hall–Kier alpha value is -2.82. The van der Waals surface area contributed by atoms with E-state index in [0.29, 0.717) is 43.9 Å². The maximum Gasteiger partial charge on any atom is 0.257 e. The Labute approximate surface area is 160 Å². The number of hydrogen-bond acceptors (Lipinski definition) is 3. The quantitative estimate of drug-likeness (QED) is 0.817. The van der Waals surface area contributed by atoms with E-state index in [-0.39, 0.29) is 11.8 Å². The van der Waals surface area contributed by atoms with Crippen molar-refractivity contribution < 1.29 is 14.3 Å². The van der Waals surface area contributed by atoms with Gasteiger partial charge in [-0.1, -0.05) is 42.5 Å². The molecule has 0 saturated carbocycles. The maximum absolute atomic E-state index is 12.9. The number of methoxy groups -OCH3 is 1. The first kappa shape index (κ1) is 19.0. The van der Waals surface area contributed by atoms with E-state index in [1.807, 2.05) is 52.3 Å². The van der Waals surface area contributed by atoms with E-state index >= 15 is 0 Å². The van der Waals surface area contributed by atoms with E-state index in [0.717, 1.165) is 12.8 Å². The molecule has 5 nitrogen and oxygen atoms in total. The Morgan fingerprint density at radius 2 is 1.56 bits per heavy atom. The van der Waals surface area contributed by atoms with Crippen molar-refractivity contribution >= 4 is 11.8 Å². The largest absolute Gasteiger partial charge is 0.496 e. The first-order valence-electron chi connectivity index (χ1n) is 9.43. The summed E-state index contributed by atoms with van der Waals surface area (Å²) in [5.74, 6) is 0.707. The van der Waals surface area contributed by atoms with Gasteiger partial charge in [-0.2, -0.15) is 0 Å². The molecule has 142 valence electrons. The molecule has 0 unspecified atom stereocenters. The van der Waals surface area contributed by atoms with Crippen LogP contribution in [0.4, 0.5) is 0 Å². The molecule has 0 bridgehead atoms. The summed E-state index contributed by atoms with van der Waals surface area (Å²) in [5, 5.41) is 0. The van der Waals surface area contributed by atoms with Crippen LogP contribution in [-0.2, 0) is 11.2 Å². The van der Waals surface area contributed by atoms with Crippen LogP contribution < -0.4 is 4.74 Å². The third kappa shape index (κ3) is 4.88. The smallest absolute Gasteiger partial charge is 0.257 e. The standard InChI is InChI=1S/C22H26N2O3/c1-27-20-11-6-5-10-19(20)22(26)24-15-7-14-23(16-17-24)21(25)13-12-18-8-3-2-4-9-18/h2-6,8-11H,7,12-17H2,1H3. The van der Waals surface area contributed by atoms with E-state index in [4.69, 9.17) is 4.74 Å². The fourth-order valence-electron chi connectivity index (χ4n) is 3.42. The second-order valence-corrected chi connectivity index (χ2v) is 6.71. The van der Waals surface area contributed by atoms with Gasteiger partial charge in [0, 0.05) is 32.6 Å². The van der Waals surface area contributed by atoms with Gasteiger partial charge in [0.2, 0.25) is 5.91 Å². The molecule has 0 N–H and O–H groups in total. The summed E-state index contributed by atoms with van der Waals surface area (Å²) in [4.78, 5) is 29.1. The van der Waals surface area contributed by atoms with E-state index in [1.54, 1.807) is 19.2 Å². The number of amides is 2. The van der Waals surface area contributed by atoms with Crippen LogP contribution in [0.25, 0.3) is 0 Å². The highest BCUT2D eigenvalue weighted by atomic mass is 16.5. The highest BCUT2D eigenvalue weighted by Crippen LogP contribution is 2.20. The molecule has 1 heterocycles. The Bertz CT molecular complexity index is 776. The van der Waals surface area contributed by atoms with Gasteiger partial charge in [0.25, 0.3) is 5.91 Å². The molecule has 0 aromatic heterocycles. The average Bonchev–Trinajstić information content (AvgIpc) is 2.98. The van der Waals surface area contributed by atoms with Crippen molar-refractivity contribution in [3.63, 3.8) is 0 Å². The van der Waals surface area contributed by atoms with Crippen LogP contribution in [0.2, 0.25) is 0 Å². The van der Waals surface area contributed by atoms with Crippen LogP contribution in [0.3, 0.4) is 0 Å². The number of carbonyl (C=O) groups excluding carboxylic acids is 2. The summed E-state index contributed by atoms with van der Waals surface area (Å²) in [6.45, 7) is 2.48. The number of hydrogen-bond donors (Lipinski definition) is 0. The van der Waals surface area contributed by atoms with Gasteiger partial charge in [-0.3, -0.25) is 9.59 Å². The van der Waals surface area contributed by atoms with Gasteiger partial charge < -0.3 is 14.5 Å². The third-order valence-corrected chi connectivity index (χ3v) is 4.94. The summed E-state index contributed by atoms with van der Waals surface area (Å²) in [5.41, 5.74) is 1.75. The molecule has 5 heteroatoms. The van der Waals surface area contributed by atoms with Crippen LogP contribution in [-0.4, -0.2) is 54.9 Å². The van der Waals surface area contributed by atoms with E-state index in [2.05, 4.69) is 0 Å². The number of para-hydroxylation sites is 1. The highest BCUT2D eigenvalue weighted by Gasteiger charge is 2.24. The topological polar surface area (TPSA) is 49.9 Å². The number of benzene rings is 2. The van der Waals surface area contributed by atoms with Crippen LogP contribution >= 0.6 is 0 Å². The number of aryl methyl sites for hydroxylation is 1. The molecular formula is C22H26N2O3. The van der Waals surface area contributed by atoms with Gasteiger partial charge in [-0.25, -0.2) is 0 Å². The van der Waals surface area contributed by atoms with Gasteiger partial charge in [0.1, 0.15) is 5.75 Å². The molecule has 1 aliphatic rings. The van der Waals surface area contributed by atoms with Crippen LogP contribution in [0.1, 0.15) is 28.8 Å². The molecule has 0 aliphatic carbocycles. The number of carbonyl (C=O) groups is 2. The number of nitrogens with zero attached hydrogens (tertiary/aromatic N) is 2. The molecule has 2 aromatic rings. The summed E-state index contributed by atoms with van der Waals surface area (Å²) in [6.07, 6.45) is 2.04. The molecule has 27 heavy (non-hydrogen) atoms.